The first kappa shape index (κ1) is 11.4. The summed E-state index contributed by atoms with van der Waals surface area (Å²) in [5.41, 5.74) is 1.49. The van der Waals surface area contributed by atoms with Crippen LogP contribution in [0.15, 0.2) is 17.7 Å². The van der Waals surface area contributed by atoms with Crippen LogP contribution in [0, 0.1) is 6.08 Å². The molecule has 0 unspecified atom stereocenters. The summed E-state index contributed by atoms with van der Waals surface area (Å²) in [5.74, 6) is 0. The third-order valence-electron chi connectivity index (χ3n) is 1.84. The molecule has 0 radical (unpaired) electrons. The predicted octanol–water partition coefficient (Wildman–Crippen LogP) is 3.25. The van der Waals surface area contributed by atoms with Crippen LogP contribution in [0.1, 0.15) is 39.0 Å². The summed E-state index contributed by atoms with van der Waals surface area (Å²) < 4.78 is 0. The molecule has 1 aliphatic carbocycles. The fraction of sp³-hybridized carbons (Fsp3) is 0.600. The van der Waals surface area contributed by atoms with E-state index in [1.807, 2.05) is 0 Å². The van der Waals surface area contributed by atoms with E-state index in [-0.39, 0.29) is 26.2 Å². The Bertz CT molecular complexity index is 145. The molecule has 1 rings (SSSR count). The molecule has 0 atom stereocenters. The third-order valence-corrected chi connectivity index (χ3v) is 1.84. The van der Waals surface area contributed by atoms with Crippen molar-refractivity contribution in [2.45, 2.75) is 39.0 Å². The summed E-state index contributed by atoms with van der Waals surface area (Å²) in [4.78, 5) is 0. The van der Waals surface area contributed by atoms with E-state index < -0.39 is 0 Å². The Hall–Kier alpha value is 0.363. The Morgan fingerprint density at radius 1 is 1.45 bits per heavy atom. The maximum atomic E-state index is 3.18. The van der Waals surface area contributed by atoms with Crippen molar-refractivity contribution in [2.24, 2.45) is 0 Å². The molecule has 0 spiro atoms. The van der Waals surface area contributed by atoms with Crippen molar-refractivity contribution in [3.05, 3.63) is 23.8 Å². The van der Waals surface area contributed by atoms with Crippen LogP contribution in [0.2, 0.25) is 0 Å². The van der Waals surface area contributed by atoms with Gasteiger partial charge in [-0.25, -0.2) is 11.6 Å². The molecule has 0 saturated heterocycles. The van der Waals surface area contributed by atoms with Gasteiger partial charge < -0.3 is 0 Å². The van der Waals surface area contributed by atoms with Crippen molar-refractivity contribution in [2.75, 3.05) is 0 Å². The minimum absolute atomic E-state index is 0. The molecule has 0 fully saturated rings. The first-order valence-electron chi connectivity index (χ1n) is 4.19. The van der Waals surface area contributed by atoms with Crippen LogP contribution in [-0.4, -0.2) is 0 Å². The molecular formula is C10H15Zr-. The molecule has 0 saturated carbocycles. The van der Waals surface area contributed by atoms with Gasteiger partial charge >= 0.3 is 0 Å². The van der Waals surface area contributed by atoms with Gasteiger partial charge in [0.25, 0.3) is 0 Å². The van der Waals surface area contributed by atoms with E-state index in [1.165, 1.54) is 31.3 Å². The zero-order valence-corrected chi connectivity index (χ0v) is 9.65. The van der Waals surface area contributed by atoms with Crippen molar-refractivity contribution < 1.29 is 26.2 Å². The van der Waals surface area contributed by atoms with Crippen LogP contribution in [-0.2, 0) is 26.2 Å². The topological polar surface area (TPSA) is 0 Å². The maximum absolute atomic E-state index is 3.18. The summed E-state index contributed by atoms with van der Waals surface area (Å²) in [6, 6.07) is 0. The summed E-state index contributed by atoms with van der Waals surface area (Å²) in [7, 11) is 0. The molecule has 1 heteroatoms. The van der Waals surface area contributed by atoms with Crippen molar-refractivity contribution in [1.82, 2.24) is 0 Å². The molecule has 0 bridgehead atoms. The van der Waals surface area contributed by atoms with Crippen LogP contribution in [0.25, 0.3) is 0 Å². The van der Waals surface area contributed by atoms with Crippen LogP contribution in [0.3, 0.4) is 0 Å². The Kier molecular flexibility index (Phi) is 7.27. The molecule has 0 heterocycles. The minimum atomic E-state index is 0. The van der Waals surface area contributed by atoms with E-state index in [0.717, 1.165) is 6.42 Å². The van der Waals surface area contributed by atoms with Gasteiger partial charge in [0.05, 0.1) is 0 Å². The summed E-state index contributed by atoms with van der Waals surface area (Å²) in [5, 5.41) is 0. The minimum Gasteiger partial charge on any atom is -0.273 e. The Morgan fingerprint density at radius 2 is 2.27 bits per heavy atom. The van der Waals surface area contributed by atoms with Crippen molar-refractivity contribution in [3.63, 3.8) is 0 Å². The van der Waals surface area contributed by atoms with Gasteiger partial charge in [-0.2, -0.15) is 6.08 Å². The average Bonchev–Trinajstić information content (AvgIpc) is 2.41. The van der Waals surface area contributed by atoms with Gasteiger partial charge in [0.2, 0.25) is 0 Å². The van der Waals surface area contributed by atoms with Gasteiger partial charge in [0.1, 0.15) is 0 Å². The molecule has 0 aliphatic heterocycles. The zero-order chi connectivity index (χ0) is 7.23. The Morgan fingerprint density at radius 3 is 2.82 bits per heavy atom. The van der Waals surface area contributed by atoms with E-state index >= 15 is 0 Å². The SMILES string of the molecule is CCCCCC1=CC[C-]=C1.[Zr]. The second kappa shape index (κ2) is 7.04. The second-order valence-electron chi connectivity index (χ2n) is 2.79. The normalized spacial score (nSPS) is 14.5. The summed E-state index contributed by atoms with van der Waals surface area (Å²) in [6.07, 6.45) is 13.9. The summed E-state index contributed by atoms with van der Waals surface area (Å²) in [6.45, 7) is 2.24. The van der Waals surface area contributed by atoms with Crippen LogP contribution < -0.4 is 0 Å². The molecule has 11 heavy (non-hydrogen) atoms. The molecule has 0 nitrogen and oxygen atoms in total. The van der Waals surface area contributed by atoms with Crippen molar-refractivity contribution in [1.29, 1.82) is 0 Å². The first-order valence-corrected chi connectivity index (χ1v) is 4.19. The van der Waals surface area contributed by atoms with Crippen LogP contribution in [0.5, 0.6) is 0 Å². The quantitative estimate of drug-likeness (QED) is 0.510. The van der Waals surface area contributed by atoms with Gasteiger partial charge in [0.15, 0.2) is 0 Å². The fourth-order valence-electron chi connectivity index (χ4n) is 1.19. The number of hydrogen-bond acceptors (Lipinski definition) is 0. The van der Waals surface area contributed by atoms with Gasteiger partial charge in [-0.15, -0.1) is 6.42 Å². The zero-order valence-electron chi connectivity index (χ0n) is 7.19. The molecule has 1 aliphatic rings. The standard InChI is InChI=1S/C10H15.Zr/c1-2-3-4-7-10-8-5-6-9-10;/h8-9H,2-5,7H2,1H3;/q-1;. The van der Waals surface area contributed by atoms with Crippen molar-refractivity contribution in [3.8, 4) is 0 Å². The monoisotopic (exact) mass is 225 g/mol. The van der Waals surface area contributed by atoms with E-state index in [0.29, 0.717) is 0 Å². The van der Waals surface area contributed by atoms with E-state index in [9.17, 15) is 0 Å². The second-order valence-corrected chi connectivity index (χ2v) is 2.79. The number of hydrogen-bond donors (Lipinski definition) is 0. The molecular weight excluding hydrogens is 211 g/mol. The number of allylic oxidation sites excluding steroid dienone is 4. The van der Waals surface area contributed by atoms with Gasteiger partial charge in [-0.1, -0.05) is 32.6 Å². The number of rotatable bonds is 4. The molecule has 0 amide bonds. The molecule has 0 aromatic carbocycles. The Labute approximate surface area is 88.9 Å². The number of unbranched alkanes of at least 4 members (excludes halogenated alkanes) is 2. The van der Waals surface area contributed by atoms with Gasteiger partial charge in [0, 0.05) is 26.2 Å². The van der Waals surface area contributed by atoms with Gasteiger partial charge in [-0.3, -0.25) is 6.08 Å². The van der Waals surface area contributed by atoms with E-state index in [1.54, 1.807) is 0 Å². The fourth-order valence-corrected chi connectivity index (χ4v) is 1.19. The molecule has 0 N–H and O–H groups in total. The predicted molar refractivity (Wildman–Crippen MR) is 44.7 cm³/mol. The van der Waals surface area contributed by atoms with Crippen LogP contribution in [0.4, 0.5) is 0 Å². The van der Waals surface area contributed by atoms with E-state index in [2.05, 4.69) is 25.2 Å². The van der Waals surface area contributed by atoms with Crippen molar-refractivity contribution >= 4 is 0 Å². The van der Waals surface area contributed by atoms with Gasteiger partial charge in [-0.05, 0) is 0 Å². The molecule has 0 aromatic heterocycles. The Balaban J connectivity index is 0.000001000. The maximum Gasteiger partial charge on any atom is 0 e. The largest absolute Gasteiger partial charge is 0.273 e. The smallest absolute Gasteiger partial charge is 0 e. The molecule has 60 valence electrons. The molecule has 0 aromatic rings. The summed E-state index contributed by atoms with van der Waals surface area (Å²) >= 11 is 0. The van der Waals surface area contributed by atoms with E-state index in [4.69, 9.17) is 0 Å². The first-order chi connectivity index (χ1) is 4.93. The average molecular weight is 226 g/mol. The third kappa shape index (κ3) is 4.74. The van der Waals surface area contributed by atoms with Crippen LogP contribution >= 0.6 is 0 Å².